The molecule has 35 heavy (non-hydrogen) atoms. The van der Waals surface area contributed by atoms with Crippen LogP contribution in [0, 0.1) is 0 Å². The van der Waals surface area contributed by atoms with Gasteiger partial charge in [-0.05, 0) is 56.9 Å². The fraction of sp³-hybridized carbons (Fsp3) is 0.519. The molecule has 1 atom stereocenters. The zero-order chi connectivity index (χ0) is 25.8. The number of carbonyl (C=O) groups excluding carboxylic acids is 3. The molecule has 0 saturated heterocycles. The molecule has 0 saturated carbocycles. The first kappa shape index (κ1) is 27.4. The topological polar surface area (TPSA) is 86.5 Å². The second-order valence-electron chi connectivity index (χ2n) is 10.7. The number of ketones is 1. The van der Waals surface area contributed by atoms with Gasteiger partial charge in [-0.2, -0.15) is 0 Å². The highest BCUT2D eigenvalue weighted by Gasteiger charge is 2.34. The highest BCUT2D eigenvalue weighted by molar-refractivity contribution is 7.12. The number of thiophene rings is 1. The van der Waals surface area contributed by atoms with Gasteiger partial charge in [0.25, 0.3) is 0 Å². The second kappa shape index (κ2) is 11.2. The molecule has 2 N–H and O–H groups in total. The first-order chi connectivity index (χ1) is 16.3. The van der Waals surface area contributed by atoms with Gasteiger partial charge in [-0.25, -0.2) is 0 Å². The van der Waals surface area contributed by atoms with Crippen LogP contribution < -0.4 is 5.73 Å². The predicted molar refractivity (Wildman–Crippen MR) is 140 cm³/mol. The molecule has 1 aromatic heterocycles. The molecule has 1 amide bonds. The van der Waals surface area contributed by atoms with Crippen LogP contribution in [0.3, 0.4) is 0 Å². The average molecular weight is 520 g/mol. The smallest absolute Gasteiger partial charge is 0.306 e. The number of ether oxygens (including phenoxy) is 1. The maximum atomic E-state index is 12.8. The predicted octanol–water partition coefficient (Wildman–Crippen LogP) is 4.87. The second-order valence-corrected chi connectivity index (χ2v) is 12.3. The summed E-state index contributed by atoms with van der Waals surface area (Å²) in [6, 6.07) is 7.24. The number of benzene rings is 1. The Morgan fingerprint density at radius 2 is 1.80 bits per heavy atom. The number of Topliss-reactive ketones (excluding diaryl/α,β-unsaturated/α-hetero) is 1. The van der Waals surface area contributed by atoms with E-state index in [4.69, 9.17) is 22.1 Å². The Kier molecular flexibility index (Phi) is 8.78. The third-order valence-corrected chi connectivity index (χ3v) is 7.73. The van der Waals surface area contributed by atoms with Crippen LogP contribution in [0.15, 0.2) is 24.3 Å². The molecular weight excluding hydrogens is 484 g/mol. The van der Waals surface area contributed by atoms with Crippen LogP contribution in [0.2, 0.25) is 5.02 Å². The third-order valence-electron chi connectivity index (χ3n) is 6.26. The molecular formula is C27H36ClN2O4S+. The standard InChI is InChI=1S/C27H35ClN2O4S/c1-27(2,3)34-24(32)7-5-6-13-30(4)14-12-21-23(17-30)35-22(25(21)26(29)33)16-20(31)15-18-8-10-19(28)11-9-18/h8-11H,5-7,12-17H2,1-4H3,(H-,29,33)/p+1. The Morgan fingerprint density at radius 3 is 2.43 bits per heavy atom. The van der Waals surface area contributed by atoms with Gasteiger partial charge >= 0.3 is 5.97 Å². The maximum absolute atomic E-state index is 12.8. The molecule has 1 aliphatic rings. The molecule has 6 nitrogen and oxygen atoms in total. The van der Waals surface area contributed by atoms with Crippen molar-refractivity contribution in [1.82, 2.24) is 0 Å². The van der Waals surface area contributed by atoms with E-state index < -0.39 is 11.5 Å². The van der Waals surface area contributed by atoms with Crippen molar-refractivity contribution in [3.05, 3.63) is 55.7 Å². The summed E-state index contributed by atoms with van der Waals surface area (Å²) >= 11 is 7.49. The number of nitrogens with two attached hydrogens (primary N) is 1. The number of amides is 1. The summed E-state index contributed by atoms with van der Waals surface area (Å²) in [5.41, 5.74) is 7.77. The molecule has 0 bridgehead atoms. The third kappa shape index (κ3) is 7.89. The van der Waals surface area contributed by atoms with E-state index in [2.05, 4.69) is 7.05 Å². The molecule has 0 spiro atoms. The first-order valence-electron chi connectivity index (χ1n) is 12.1. The van der Waals surface area contributed by atoms with Crippen LogP contribution in [-0.2, 0) is 40.1 Å². The Hall–Kier alpha value is -2.22. The van der Waals surface area contributed by atoms with E-state index in [-0.39, 0.29) is 18.2 Å². The molecule has 2 heterocycles. The van der Waals surface area contributed by atoms with E-state index in [9.17, 15) is 14.4 Å². The summed E-state index contributed by atoms with van der Waals surface area (Å²) in [4.78, 5) is 39.0. The molecule has 1 unspecified atom stereocenters. The maximum Gasteiger partial charge on any atom is 0.306 e. The van der Waals surface area contributed by atoms with Crippen LogP contribution in [0.5, 0.6) is 0 Å². The van der Waals surface area contributed by atoms with Gasteiger partial charge < -0.3 is 15.0 Å². The highest BCUT2D eigenvalue weighted by atomic mass is 35.5. The first-order valence-corrected chi connectivity index (χ1v) is 13.3. The number of rotatable bonds is 10. The van der Waals surface area contributed by atoms with E-state index in [1.807, 2.05) is 32.9 Å². The minimum atomic E-state index is -0.454. The molecule has 1 aliphatic heterocycles. The lowest BCUT2D eigenvalue weighted by atomic mass is 9.97. The number of esters is 1. The Morgan fingerprint density at radius 1 is 1.11 bits per heavy atom. The van der Waals surface area contributed by atoms with Crippen molar-refractivity contribution in [2.75, 3.05) is 20.1 Å². The minimum Gasteiger partial charge on any atom is -0.460 e. The molecule has 8 heteroatoms. The number of hydrogen-bond donors (Lipinski definition) is 1. The number of carbonyl (C=O) groups is 3. The number of hydrogen-bond acceptors (Lipinski definition) is 5. The fourth-order valence-electron chi connectivity index (χ4n) is 4.60. The van der Waals surface area contributed by atoms with E-state index in [0.717, 1.165) is 64.3 Å². The monoisotopic (exact) mass is 519 g/mol. The Bertz CT molecular complexity index is 1090. The Labute approximate surface area is 217 Å². The van der Waals surface area contributed by atoms with Crippen molar-refractivity contribution in [1.29, 1.82) is 0 Å². The summed E-state index contributed by atoms with van der Waals surface area (Å²) in [7, 11) is 2.21. The highest BCUT2D eigenvalue weighted by Crippen LogP contribution is 2.36. The largest absolute Gasteiger partial charge is 0.460 e. The lowest BCUT2D eigenvalue weighted by Gasteiger charge is -2.37. The van der Waals surface area contributed by atoms with E-state index in [0.29, 0.717) is 23.4 Å². The number of primary amides is 1. The summed E-state index contributed by atoms with van der Waals surface area (Å²) in [6.07, 6.45) is 3.40. The quantitative estimate of drug-likeness (QED) is 0.275. The van der Waals surface area contributed by atoms with Gasteiger partial charge in [0.05, 0.1) is 30.6 Å². The number of nitrogens with zero attached hydrogens (tertiary/aromatic N) is 1. The van der Waals surface area contributed by atoms with Crippen molar-refractivity contribution in [2.45, 2.75) is 71.4 Å². The average Bonchev–Trinajstić information content (AvgIpc) is 3.08. The van der Waals surface area contributed by atoms with Gasteiger partial charge in [0.1, 0.15) is 17.9 Å². The van der Waals surface area contributed by atoms with Crippen LogP contribution >= 0.6 is 22.9 Å². The number of unbranched alkanes of at least 4 members (excludes halogenated alkanes) is 1. The Balaban J connectivity index is 1.62. The molecule has 3 rings (SSSR count). The summed E-state index contributed by atoms with van der Waals surface area (Å²) < 4.78 is 6.24. The SMILES string of the molecule is CC(C)(C)OC(=O)CCCC[N+]1(C)CCc2c(sc(CC(=O)Cc3ccc(Cl)cc3)c2C(N)=O)C1. The van der Waals surface area contributed by atoms with E-state index in [1.54, 1.807) is 23.5 Å². The number of quaternary nitrogens is 1. The lowest BCUT2D eigenvalue weighted by Crippen LogP contribution is -2.48. The number of likely N-dealkylation sites (N-methyl/N-ethyl adjacent to an activating group) is 1. The van der Waals surface area contributed by atoms with Gasteiger partial charge in [-0.3, -0.25) is 14.4 Å². The normalized spacial score (nSPS) is 17.6. The zero-order valence-corrected chi connectivity index (χ0v) is 22.7. The summed E-state index contributed by atoms with van der Waals surface area (Å²) in [5, 5.41) is 0.633. The van der Waals surface area contributed by atoms with Crippen LogP contribution in [0.4, 0.5) is 0 Å². The van der Waals surface area contributed by atoms with Crippen molar-refractivity contribution < 1.29 is 23.6 Å². The molecule has 1 aromatic carbocycles. The van der Waals surface area contributed by atoms with Crippen LogP contribution in [0.1, 0.15) is 71.3 Å². The van der Waals surface area contributed by atoms with Crippen LogP contribution in [0.25, 0.3) is 0 Å². The van der Waals surface area contributed by atoms with Gasteiger partial charge in [0.2, 0.25) is 5.91 Å². The van der Waals surface area contributed by atoms with Crippen molar-refractivity contribution in [2.24, 2.45) is 5.73 Å². The minimum absolute atomic E-state index is 0.0489. The zero-order valence-electron chi connectivity index (χ0n) is 21.1. The molecule has 0 radical (unpaired) electrons. The van der Waals surface area contributed by atoms with E-state index >= 15 is 0 Å². The molecule has 2 aromatic rings. The number of halogens is 1. The molecule has 0 aliphatic carbocycles. The molecule has 0 fully saturated rings. The van der Waals surface area contributed by atoms with E-state index in [1.165, 1.54) is 0 Å². The van der Waals surface area contributed by atoms with Crippen molar-refractivity contribution >= 4 is 40.6 Å². The van der Waals surface area contributed by atoms with Crippen molar-refractivity contribution in [3.8, 4) is 0 Å². The van der Waals surface area contributed by atoms with Gasteiger partial charge in [-0.15, -0.1) is 11.3 Å². The summed E-state index contributed by atoms with van der Waals surface area (Å²) in [6.45, 7) is 8.28. The van der Waals surface area contributed by atoms with Gasteiger partial charge in [0, 0.05) is 35.6 Å². The summed E-state index contributed by atoms with van der Waals surface area (Å²) in [5.74, 6) is -0.559. The van der Waals surface area contributed by atoms with Crippen LogP contribution in [-0.4, -0.2) is 47.9 Å². The van der Waals surface area contributed by atoms with Gasteiger partial charge in [0.15, 0.2) is 0 Å². The van der Waals surface area contributed by atoms with Gasteiger partial charge in [-0.1, -0.05) is 23.7 Å². The number of fused-ring (bicyclic) bond motifs is 1. The fourth-order valence-corrected chi connectivity index (χ4v) is 6.28. The molecule has 190 valence electrons. The lowest BCUT2D eigenvalue weighted by molar-refractivity contribution is -0.924. The van der Waals surface area contributed by atoms with Crippen molar-refractivity contribution in [3.63, 3.8) is 0 Å².